The molecule has 2 aromatic rings. The van der Waals surface area contributed by atoms with Gasteiger partial charge in [-0.15, -0.1) is 0 Å². The minimum atomic E-state index is 0.469. The van der Waals surface area contributed by atoms with Gasteiger partial charge in [-0.3, -0.25) is 0 Å². The van der Waals surface area contributed by atoms with Gasteiger partial charge in [-0.05, 0) is 39.5 Å². The molecule has 27 heavy (non-hydrogen) atoms. The summed E-state index contributed by atoms with van der Waals surface area (Å²) in [4.78, 5) is 8.86. The van der Waals surface area contributed by atoms with Gasteiger partial charge in [0.15, 0.2) is 11.7 Å². The lowest BCUT2D eigenvalue weighted by Crippen LogP contribution is -2.37. The molecule has 0 bridgehead atoms. The van der Waals surface area contributed by atoms with E-state index in [0.29, 0.717) is 12.5 Å². The normalized spacial score (nSPS) is 12.0. The predicted octanol–water partition coefficient (Wildman–Crippen LogP) is 3.62. The molecule has 0 atom stereocenters. The average molecular weight is 375 g/mol. The van der Waals surface area contributed by atoms with Crippen LogP contribution in [0.25, 0.3) is 0 Å². The SMILES string of the molecule is CCNC(=NCc1cc(C(CC)CC)no1)NCCCCn1ccnc1C. The first-order chi connectivity index (χ1) is 13.2. The molecule has 0 aliphatic rings. The molecule has 0 fully saturated rings. The lowest BCUT2D eigenvalue weighted by molar-refractivity contribution is 0.372. The molecular formula is C20H34N6O. The summed E-state index contributed by atoms with van der Waals surface area (Å²) in [7, 11) is 0. The maximum Gasteiger partial charge on any atom is 0.191 e. The second kappa shape index (κ2) is 11.4. The minimum absolute atomic E-state index is 0.469. The summed E-state index contributed by atoms with van der Waals surface area (Å²) in [5.74, 6) is 3.16. The zero-order valence-corrected chi connectivity index (χ0v) is 17.2. The highest BCUT2D eigenvalue weighted by molar-refractivity contribution is 5.79. The second-order valence-corrected chi connectivity index (χ2v) is 6.73. The van der Waals surface area contributed by atoms with Crippen LogP contribution in [0.1, 0.15) is 69.7 Å². The Bertz CT molecular complexity index is 686. The Morgan fingerprint density at radius 1 is 1.22 bits per heavy atom. The predicted molar refractivity (Wildman–Crippen MR) is 109 cm³/mol. The van der Waals surface area contributed by atoms with Gasteiger partial charge in [0.25, 0.3) is 0 Å². The van der Waals surface area contributed by atoms with E-state index < -0.39 is 0 Å². The molecule has 7 heteroatoms. The van der Waals surface area contributed by atoms with Crippen molar-refractivity contribution in [3.05, 3.63) is 35.7 Å². The number of unbranched alkanes of at least 4 members (excludes halogenated alkanes) is 1. The maximum absolute atomic E-state index is 5.45. The second-order valence-electron chi connectivity index (χ2n) is 6.73. The quantitative estimate of drug-likeness (QED) is 0.357. The highest BCUT2D eigenvalue weighted by Crippen LogP contribution is 2.22. The highest BCUT2D eigenvalue weighted by atomic mass is 16.5. The fourth-order valence-electron chi connectivity index (χ4n) is 3.06. The van der Waals surface area contributed by atoms with E-state index in [2.05, 4.69) is 51.1 Å². The van der Waals surface area contributed by atoms with E-state index in [1.807, 2.05) is 25.4 Å². The molecule has 2 heterocycles. The summed E-state index contributed by atoms with van der Waals surface area (Å²) in [6.07, 6.45) is 8.21. The van der Waals surface area contributed by atoms with E-state index >= 15 is 0 Å². The number of aromatic nitrogens is 3. The fourth-order valence-corrected chi connectivity index (χ4v) is 3.06. The Balaban J connectivity index is 1.77. The molecule has 0 radical (unpaired) electrons. The van der Waals surface area contributed by atoms with Crippen LogP contribution in [0.4, 0.5) is 0 Å². The van der Waals surface area contributed by atoms with E-state index in [4.69, 9.17) is 4.52 Å². The standard InChI is InChI=1S/C20H34N6O/c1-5-17(6-2)19-14-18(27-25-19)15-24-20(21-7-3)23-10-8-9-12-26-13-11-22-16(26)4/h11,13-14,17H,5-10,12,15H2,1-4H3,(H2,21,23,24). The summed E-state index contributed by atoms with van der Waals surface area (Å²) < 4.78 is 7.63. The van der Waals surface area contributed by atoms with Gasteiger partial charge >= 0.3 is 0 Å². The Kier molecular flexibility index (Phi) is 8.87. The van der Waals surface area contributed by atoms with Crippen molar-refractivity contribution in [3.63, 3.8) is 0 Å². The topological polar surface area (TPSA) is 80.3 Å². The number of rotatable bonds is 11. The van der Waals surface area contributed by atoms with Gasteiger partial charge in [0.05, 0.1) is 5.69 Å². The number of imidazole rings is 1. The number of nitrogens with zero attached hydrogens (tertiary/aromatic N) is 4. The molecular weight excluding hydrogens is 340 g/mol. The molecule has 2 N–H and O–H groups in total. The number of guanidine groups is 1. The van der Waals surface area contributed by atoms with Crippen molar-refractivity contribution < 1.29 is 4.52 Å². The third-order valence-electron chi connectivity index (χ3n) is 4.76. The molecule has 0 aromatic carbocycles. The smallest absolute Gasteiger partial charge is 0.191 e. The Hall–Kier alpha value is -2.31. The van der Waals surface area contributed by atoms with Crippen LogP contribution in [0.2, 0.25) is 0 Å². The van der Waals surface area contributed by atoms with E-state index in [1.54, 1.807) is 0 Å². The van der Waals surface area contributed by atoms with Gasteiger partial charge in [-0.25, -0.2) is 9.98 Å². The fraction of sp³-hybridized carbons (Fsp3) is 0.650. The van der Waals surface area contributed by atoms with Crippen molar-refractivity contribution in [2.75, 3.05) is 13.1 Å². The van der Waals surface area contributed by atoms with Crippen LogP contribution >= 0.6 is 0 Å². The third-order valence-corrected chi connectivity index (χ3v) is 4.76. The van der Waals surface area contributed by atoms with Crippen LogP contribution < -0.4 is 10.6 Å². The van der Waals surface area contributed by atoms with Crippen molar-refractivity contribution in [2.45, 2.75) is 72.4 Å². The number of aryl methyl sites for hydroxylation is 2. The zero-order valence-electron chi connectivity index (χ0n) is 17.2. The first kappa shape index (κ1) is 21.0. The van der Waals surface area contributed by atoms with Crippen molar-refractivity contribution in [1.82, 2.24) is 25.3 Å². The summed E-state index contributed by atoms with van der Waals surface area (Å²) >= 11 is 0. The van der Waals surface area contributed by atoms with Crippen molar-refractivity contribution >= 4 is 5.96 Å². The van der Waals surface area contributed by atoms with Crippen LogP contribution in [0.15, 0.2) is 28.0 Å². The molecule has 7 nitrogen and oxygen atoms in total. The first-order valence-corrected chi connectivity index (χ1v) is 10.1. The molecule has 2 aromatic heterocycles. The third kappa shape index (κ3) is 6.73. The van der Waals surface area contributed by atoms with Crippen LogP contribution in [-0.2, 0) is 13.1 Å². The van der Waals surface area contributed by atoms with Crippen LogP contribution in [0.3, 0.4) is 0 Å². The van der Waals surface area contributed by atoms with Crippen LogP contribution in [0, 0.1) is 6.92 Å². The summed E-state index contributed by atoms with van der Waals surface area (Å²) in [6.45, 7) is 11.7. The Labute approximate surface area is 162 Å². The summed E-state index contributed by atoms with van der Waals surface area (Å²) in [5, 5.41) is 10.9. The molecule has 0 unspecified atom stereocenters. The molecule has 0 aliphatic carbocycles. The Morgan fingerprint density at radius 3 is 2.70 bits per heavy atom. The largest absolute Gasteiger partial charge is 0.359 e. The van der Waals surface area contributed by atoms with Gasteiger partial charge < -0.3 is 19.7 Å². The van der Waals surface area contributed by atoms with Gasteiger partial charge in [0, 0.05) is 44.0 Å². The maximum atomic E-state index is 5.45. The van der Waals surface area contributed by atoms with E-state index in [9.17, 15) is 0 Å². The van der Waals surface area contributed by atoms with Crippen LogP contribution in [0.5, 0.6) is 0 Å². The number of hydrogen-bond donors (Lipinski definition) is 2. The summed E-state index contributed by atoms with van der Waals surface area (Å²) in [6, 6.07) is 2.04. The molecule has 0 saturated heterocycles. The lowest BCUT2D eigenvalue weighted by Gasteiger charge is -2.11. The van der Waals surface area contributed by atoms with Crippen molar-refractivity contribution in [1.29, 1.82) is 0 Å². The van der Waals surface area contributed by atoms with E-state index in [1.165, 1.54) is 0 Å². The molecule has 0 spiro atoms. The van der Waals surface area contributed by atoms with Gasteiger partial charge in [-0.1, -0.05) is 19.0 Å². The molecule has 150 valence electrons. The van der Waals surface area contributed by atoms with E-state index in [0.717, 1.165) is 68.6 Å². The average Bonchev–Trinajstić information content (AvgIpc) is 3.30. The monoisotopic (exact) mass is 374 g/mol. The number of hydrogen-bond acceptors (Lipinski definition) is 4. The van der Waals surface area contributed by atoms with Crippen LogP contribution in [-0.4, -0.2) is 33.8 Å². The number of nitrogens with one attached hydrogen (secondary N) is 2. The van der Waals surface area contributed by atoms with E-state index in [-0.39, 0.29) is 0 Å². The number of aliphatic imine (C=N–C) groups is 1. The molecule has 0 amide bonds. The van der Waals surface area contributed by atoms with Crippen molar-refractivity contribution in [2.24, 2.45) is 4.99 Å². The molecule has 2 rings (SSSR count). The minimum Gasteiger partial charge on any atom is -0.359 e. The highest BCUT2D eigenvalue weighted by Gasteiger charge is 2.12. The molecule has 0 saturated carbocycles. The van der Waals surface area contributed by atoms with Gasteiger partial charge in [-0.2, -0.15) is 0 Å². The van der Waals surface area contributed by atoms with Crippen molar-refractivity contribution in [3.8, 4) is 0 Å². The Morgan fingerprint density at radius 2 is 2.04 bits per heavy atom. The van der Waals surface area contributed by atoms with Gasteiger partial charge in [0.1, 0.15) is 12.4 Å². The lowest BCUT2D eigenvalue weighted by atomic mass is 9.99. The summed E-state index contributed by atoms with van der Waals surface area (Å²) in [5.41, 5.74) is 1.04. The zero-order chi connectivity index (χ0) is 19.5. The first-order valence-electron chi connectivity index (χ1n) is 10.1. The van der Waals surface area contributed by atoms with Gasteiger partial charge in [0.2, 0.25) is 0 Å². The molecule has 0 aliphatic heterocycles.